The lowest BCUT2D eigenvalue weighted by atomic mass is 10.1. The van der Waals surface area contributed by atoms with E-state index in [4.69, 9.17) is 10.5 Å². The minimum Gasteiger partial charge on any atom is -0.481 e. The molecule has 1 atom stereocenters. The fraction of sp³-hybridized carbons (Fsp3) is 0.267. The average molecular weight is 273 g/mol. The number of anilines is 2. The van der Waals surface area contributed by atoms with E-state index in [9.17, 15) is 5.11 Å². The Labute approximate surface area is 118 Å². The van der Waals surface area contributed by atoms with Crippen LogP contribution in [0.3, 0.4) is 0 Å². The molecule has 0 aliphatic rings. The van der Waals surface area contributed by atoms with Crippen LogP contribution in [0, 0.1) is 0 Å². The third-order valence-corrected chi connectivity index (χ3v) is 3.00. The summed E-state index contributed by atoms with van der Waals surface area (Å²) < 4.78 is 5.07. The maximum absolute atomic E-state index is 9.50. The van der Waals surface area contributed by atoms with E-state index in [1.54, 1.807) is 19.2 Å². The molecular weight excluding hydrogens is 254 g/mol. The van der Waals surface area contributed by atoms with Crippen molar-refractivity contribution < 1.29 is 9.84 Å². The second-order valence-corrected chi connectivity index (χ2v) is 4.51. The van der Waals surface area contributed by atoms with Gasteiger partial charge in [-0.15, -0.1) is 0 Å². The third kappa shape index (κ3) is 3.61. The summed E-state index contributed by atoms with van der Waals surface area (Å²) in [6.07, 6.45) is 0.690. The molecule has 0 amide bonds. The molecule has 0 bridgehead atoms. The maximum atomic E-state index is 9.50. The van der Waals surface area contributed by atoms with E-state index in [0.717, 1.165) is 5.56 Å². The van der Waals surface area contributed by atoms with Gasteiger partial charge in [0.25, 0.3) is 0 Å². The zero-order chi connectivity index (χ0) is 14.4. The summed E-state index contributed by atoms with van der Waals surface area (Å²) >= 11 is 0. The summed E-state index contributed by atoms with van der Waals surface area (Å²) in [6, 6.07) is 13.2. The number of aliphatic hydroxyl groups is 1. The van der Waals surface area contributed by atoms with Gasteiger partial charge in [-0.3, -0.25) is 0 Å². The highest BCUT2D eigenvalue weighted by Crippen LogP contribution is 2.21. The number of nitrogen functional groups attached to an aromatic ring is 1. The van der Waals surface area contributed by atoms with Gasteiger partial charge in [0.2, 0.25) is 5.88 Å². The van der Waals surface area contributed by atoms with E-state index in [1.807, 2.05) is 30.3 Å². The molecule has 4 N–H and O–H groups in total. The molecule has 0 saturated heterocycles. The molecule has 0 aliphatic carbocycles. The van der Waals surface area contributed by atoms with Crippen LogP contribution >= 0.6 is 0 Å². The van der Waals surface area contributed by atoms with E-state index in [0.29, 0.717) is 23.8 Å². The number of nitrogens with zero attached hydrogens (tertiary/aromatic N) is 1. The van der Waals surface area contributed by atoms with E-state index in [2.05, 4.69) is 10.3 Å². The summed E-state index contributed by atoms with van der Waals surface area (Å²) in [6.45, 7) is -0.00672. The first-order valence-electron chi connectivity index (χ1n) is 6.44. The largest absolute Gasteiger partial charge is 0.481 e. The molecule has 2 rings (SSSR count). The highest BCUT2D eigenvalue weighted by atomic mass is 16.5. The van der Waals surface area contributed by atoms with Crippen LogP contribution in [0.2, 0.25) is 0 Å². The number of hydrogen-bond acceptors (Lipinski definition) is 5. The van der Waals surface area contributed by atoms with Crippen LogP contribution in [0.15, 0.2) is 42.5 Å². The fourth-order valence-corrected chi connectivity index (χ4v) is 1.93. The molecule has 5 nitrogen and oxygen atoms in total. The Kier molecular flexibility index (Phi) is 4.79. The number of pyridine rings is 1. The zero-order valence-corrected chi connectivity index (χ0v) is 11.4. The van der Waals surface area contributed by atoms with Crippen molar-refractivity contribution in [1.82, 2.24) is 4.98 Å². The molecule has 0 spiro atoms. The van der Waals surface area contributed by atoms with Gasteiger partial charge in [0.05, 0.1) is 25.4 Å². The van der Waals surface area contributed by atoms with E-state index in [1.165, 1.54) is 0 Å². The average Bonchev–Trinajstić information content (AvgIpc) is 2.49. The minimum absolute atomic E-state index is 0.00672. The molecule has 0 saturated carbocycles. The van der Waals surface area contributed by atoms with Crippen LogP contribution in [0.4, 0.5) is 11.5 Å². The van der Waals surface area contributed by atoms with Gasteiger partial charge in [0.1, 0.15) is 0 Å². The van der Waals surface area contributed by atoms with Crippen LogP contribution in [-0.4, -0.2) is 29.8 Å². The minimum atomic E-state index is -0.153. The quantitative estimate of drug-likeness (QED) is 0.746. The summed E-state index contributed by atoms with van der Waals surface area (Å²) in [7, 11) is 1.55. The van der Waals surface area contributed by atoms with Gasteiger partial charge in [0.15, 0.2) is 5.82 Å². The van der Waals surface area contributed by atoms with Crippen molar-refractivity contribution in [1.29, 1.82) is 0 Å². The zero-order valence-electron chi connectivity index (χ0n) is 11.4. The van der Waals surface area contributed by atoms with Crippen molar-refractivity contribution in [2.45, 2.75) is 12.5 Å². The van der Waals surface area contributed by atoms with Crippen molar-refractivity contribution in [2.24, 2.45) is 0 Å². The molecule has 1 aromatic heterocycles. The number of ether oxygens (including phenoxy) is 1. The predicted molar refractivity (Wildman–Crippen MR) is 79.8 cm³/mol. The van der Waals surface area contributed by atoms with Crippen molar-refractivity contribution in [3.05, 3.63) is 48.0 Å². The van der Waals surface area contributed by atoms with E-state index >= 15 is 0 Å². The Balaban J connectivity index is 2.10. The lowest BCUT2D eigenvalue weighted by Gasteiger charge is -2.18. The SMILES string of the molecule is COc1ccc(N)c(NC(CO)Cc2ccccc2)n1. The normalized spacial score (nSPS) is 11.9. The fourth-order valence-electron chi connectivity index (χ4n) is 1.93. The molecular formula is C15H19N3O2. The number of benzene rings is 1. The summed E-state index contributed by atoms with van der Waals surface area (Å²) in [5, 5.41) is 12.7. The number of nitrogens with one attached hydrogen (secondary N) is 1. The number of hydrogen-bond donors (Lipinski definition) is 3. The Morgan fingerprint density at radius 2 is 2.00 bits per heavy atom. The first-order chi connectivity index (χ1) is 9.72. The summed E-state index contributed by atoms with van der Waals surface area (Å²) in [5.41, 5.74) is 7.54. The van der Waals surface area contributed by atoms with Gasteiger partial charge in [-0.05, 0) is 18.1 Å². The number of aliphatic hydroxyl groups excluding tert-OH is 1. The van der Waals surface area contributed by atoms with Gasteiger partial charge in [-0.1, -0.05) is 30.3 Å². The van der Waals surface area contributed by atoms with Crippen LogP contribution in [0.1, 0.15) is 5.56 Å². The molecule has 0 aliphatic heterocycles. The molecule has 5 heteroatoms. The summed E-state index contributed by atoms with van der Waals surface area (Å²) in [4.78, 5) is 4.25. The first-order valence-corrected chi connectivity index (χ1v) is 6.44. The van der Waals surface area contributed by atoms with Gasteiger partial charge in [0, 0.05) is 6.07 Å². The molecule has 106 valence electrons. The number of aromatic nitrogens is 1. The van der Waals surface area contributed by atoms with Crippen LogP contribution in [0.25, 0.3) is 0 Å². The molecule has 1 aromatic carbocycles. The Morgan fingerprint density at radius 1 is 1.25 bits per heavy atom. The molecule has 0 radical (unpaired) electrons. The summed E-state index contributed by atoms with van der Waals surface area (Å²) in [5.74, 6) is 1.01. The van der Waals surface area contributed by atoms with Crippen molar-refractivity contribution >= 4 is 11.5 Å². The van der Waals surface area contributed by atoms with Crippen LogP contribution in [-0.2, 0) is 6.42 Å². The first kappa shape index (κ1) is 14.1. The van der Waals surface area contributed by atoms with Gasteiger partial charge in [-0.2, -0.15) is 4.98 Å². The molecule has 1 unspecified atom stereocenters. The van der Waals surface area contributed by atoms with Crippen molar-refractivity contribution in [2.75, 3.05) is 24.8 Å². The molecule has 2 aromatic rings. The topological polar surface area (TPSA) is 80.4 Å². The Morgan fingerprint density at radius 3 is 2.65 bits per heavy atom. The number of nitrogens with two attached hydrogens (primary N) is 1. The second kappa shape index (κ2) is 6.77. The lowest BCUT2D eigenvalue weighted by molar-refractivity contribution is 0.273. The Hall–Kier alpha value is -2.27. The van der Waals surface area contributed by atoms with Gasteiger partial charge in [-0.25, -0.2) is 0 Å². The lowest BCUT2D eigenvalue weighted by Crippen LogP contribution is -2.27. The maximum Gasteiger partial charge on any atom is 0.215 e. The monoisotopic (exact) mass is 273 g/mol. The molecule has 0 fully saturated rings. The highest BCUT2D eigenvalue weighted by molar-refractivity contribution is 5.62. The van der Waals surface area contributed by atoms with E-state index in [-0.39, 0.29) is 12.6 Å². The van der Waals surface area contributed by atoms with Crippen LogP contribution in [0.5, 0.6) is 5.88 Å². The molecule has 1 heterocycles. The smallest absolute Gasteiger partial charge is 0.215 e. The van der Waals surface area contributed by atoms with Crippen LogP contribution < -0.4 is 15.8 Å². The van der Waals surface area contributed by atoms with Gasteiger partial charge >= 0.3 is 0 Å². The van der Waals surface area contributed by atoms with Gasteiger partial charge < -0.3 is 20.9 Å². The van der Waals surface area contributed by atoms with Crippen molar-refractivity contribution in [3.63, 3.8) is 0 Å². The number of methoxy groups -OCH3 is 1. The predicted octanol–water partition coefficient (Wildman–Crippen LogP) is 1.69. The van der Waals surface area contributed by atoms with Crippen molar-refractivity contribution in [3.8, 4) is 5.88 Å². The second-order valence-electron chi connectivity index (χ2n) is 4.51. The molecule has 20 heavy (non-hydrogen) atoms. The third-order valence-electron chi connectivity index (χ3n) is 3.00. The Bertz CT molecular complexity index is 546. The van der Waals surface area contributed by atoms with E-state index < -0.39 is 0 Å². The standard InChI is InChI=1S/C15H19N3O2/c1-20-14-8-7-13(16)15(18-14)17-12(10-19)9-11-5-3-2-4-6-11/h2-8,12,19H,9-10,16H2,1H3,(H,17,18). The highest BCUT2D eigenvalue weighted by Gasteiger charge is 2.11. The number of rotatable bonds is 6.